The molecular formula is C18H21ClFN3O5S. The highest BCUT2D eigenvalue weighted by Crippen LogP contribution is 2.24. The third kappa shape index (κ3) is 4.71. The number of halogens is 2. The highest BCUT2D eigenvalue weighted by Gasteiger charge is 2.32. The third-order valence-electron chi connectivity index (χ3n) is 4.63. The van der Waals surface area contributed by atoms with Gasteiger partial charge in [0.15, 0.2) is 12.4 Å². The maximum Gasteiger partial charge on any atom is 0.260 e. The van der Waals surface area contributed by atoms with E-state index in [0.717, 1.165) is 6.07 Å². The van der Waals surface area contributed by atoms with Crippen LogP contribution >= 0.6 is 11.6 Å². The van der Waals surface area contributed by atoms with Crippen molar-refractivity contribution >= 4 is 27.5 Å². The van der Waals surface area contributed by atoms with Crippen molar-refractivity contribution < 1.29 is 26.9 Å². The number of hydrogen-bond acceptors (Lipinski definition) is 6. The molecular weight excluding hydrogens is 425 g/mol. The summed E-state index contributed by atoms with van der Waals surface area (Å²) in [5, 5.41) is 3.62. The first-order valence-corrected chi connectivity index (χ1v) is 10.8. The summed E-state index contributed by atoms with van der Waals surface area (Å²) in [4.78, 5) is 14.1. The topological polar surface area (TPSA) is 93.0 Å². The van der Waals surface area contributed by atoms with Gasteiger partial charge in [-0.05, 0) is 32.4 Å². The zero-order valence-electron chi connectivity index (χ0n) is 16.0. The summed E-state index contributed by atoms with van der Waals surface area (Å²) in [6.45, 7) is 3.95. The number of amides is 1. The van der Waals surface area contributed by atoms with E-state index in [0.29, 0.717) is 18.7 Å². The number of carbonyl (C=O) groups is 1. The van der Waals surface area contributed by atoms with E-state index in [4.69, 9.17) is 20.9 Å². The third-order valence-corrected chi connectivity index (χ3v) is 7.06. The minimum absolute atomic E-state index is 0.0776. The summed E-state index contributed by atoms with van der Waals surface area (Å²) in [6.07, 6.45) is 0.483. The molecule has 0 atom stereocenters. The van der Waals surface area contributed by atoms with Gasteiger partial charge < -0.3 is 14.2 Å². The van der Waals surface area contributed by atoms with Crippen molar-refractivity contribution in [1.82, 2.24) is 14.4 Å². The van der Waals surface area contributed by atoms with Crippen molar-refractivity contribution in [2.45, 2.75) is 25.2 Å². The highest BCUT2D eigenvalue weighted by atomic mass is 35.5. The van der Waals surface area contributed by atoms with Crippen LogP contribution in [0, 0.1) is 19.7 Å². The average Bonchev–Trinajstić information content (AvgIpc) is 2.87. The van der Waals surface area contributed by atoms with Crippen molar-refractivity contribution in [1.29, 1.82) is 0 Å². The number of benzene rings is 1. The Morgan fingerprint density at radius 2 is 2.03 bits per heavy atom. The van der Waals surface area contributed by atoms with Crippen LogP contribution in [0.5, 0.6) is 5.75 Å². The van der Waals surface area contributed by atoms with Gasteiger partial charge in [0.1, 0.15) is 22.2 Å². The fourth-order valence-electron chi connectivity index (χ4n) is 3.16. The molecule has 0 bridgehead atoms. The van der Waals surface area contributed by atoms with Gasteiger partial charge in [0, 0.05) is 32.2 Å². The lowest BCUT2D eigenvalue weighted by atomic mass is 10.3. The fraction of sp³-hybridized carbons (Fsp3) is 0.444. The summed E-state index contributed by atoms with van der Waals surface area (Å²) >= 11 is 5.70. The van der Waals surface area contributed by atoms with Gasteiger partial charge in [-0.25, -0.2) is 12.8 Å². The van der Waals surface area contributed by atoms with Crippen molar-refractivity contribution in [3.05, 3.63) is 40.5 Å². The Bertz CT molecular complexity index is 991. The van der Waals surface area contributed by atoms with Crippen molar-refractivity contribution in [2.75, 3.05) is 32.8 Å². The lowest BCUT2D eigenvalue weighted by Gasteiger charge is -2.22. The van der Waals surface area contributed by atoms with Gasteiger partial charge >= 0.3 is 0 Å². The number of carbonyl (C=O) groups excluding carboxylic acids is 1. The largest absolute Gasteiger partial charge is 0.484 e. The molecule has 11 heteroatoms. The van der Waals surface area contributed by atoms with Gasteiger partial charge in [-0.1, -0.05) is 16.8 Å². The number of aryl methyl sites for hydroxylation is 2. The Labute approximate surface area is 173 Å². The van der Waals surface area contributed by atoms with Gasteiger partial charge in [0.2, 0.25) is 10.0 Å². The Morgan fingerprint density at radius 1 is 1.28 bits per heavy atom. The second-order valence-corrected chi connectivity index (χ2v) is 8.94. The molecule has 0 radical (unpaired) electrons. The SMILES string of the molecule is Cc1noc(C)c1S(=O)(=O)N1CCCN(C(=O)COc2ccc(F)c(Cl)c2)CC1. The Kier molecular flexibility index (Phi) is 6.45. The predicted octanol–water partition coefficient (Wildman–Crippen LogP) is 2.39. The molecule has 1 aliphatic rings. The second-order valence-electron chi connectivity index (χ2n) is 6.66. The van der Waals surface area contributed by atoms with E-state index < -0.39 is 15.8 Å². The summed E-state index contributed by atoms with van der Waals surface area (Å²) in [7, 11) is -3.76. The molecule has 29 heavy (non-hydrogen) atoms. The van der Waals surface area contributed by atoms with Gasteiger partial charge in [-0.15, -0.1) is 0 Å². The smallest absolute Gasteiger partial charge is 0.260 e. The molecule has 1 amide bonds. The van der Waals surface area contributed by atoms with E-state index >= 15 is 0 Å². The number of aromatic nitrogens is 1. The summed E-state index contributed by atoms with van der Waals surface area (Å²) in [5.74, 6) is -0.340. The van der Waals surface area contributed by atoms with E-state index in [9.17, 15) is 17.6 Å². The lowest BCUT2D eigenvalue weighted by Crippen LogP contribution is -2.39. The molecule has 2 heterocycles. The van der Waals surface area contributed by atoms with Crippen LogP contribution in [0.15, 0.2) is 27.6 Å². The molecule has 0 N–H and O–H groups in total. The number of rotatable bonds is 5. The molecule has 3 rings (SSSR count). The molecule has 1 aliphatic heterocycles. The van der Waals surface area contributed by atoms with Crippen LogP contribution in [-0.2, 0) is 14.8 Å². The molecule has 2 aromatic rings. The van der Waals surface area contributed by atoms with E-state index in [-0.39, 0.29) is 53.6 Å². The quantitative estimate of drug-likeness (QED) is 0.701. The van der Waals surface area contributed by atoms with Gasteiger partial charge in [-0.3, -0.25) is 4.79 Å². The van der Waals surface area contributed by atoms with Crippen LogP contribution in [0.25, 0.3) is 0 Å². The van der Waals surface area contributed by atoms with E-state index in [1.54, 1.807) is 18.7 Å². The van der Waals surface area contributed by atoms with Crippen LogP contribution in [0.4, 0.5) is 4.39 Å². The Balaban J connectivity index is 1.62. The molecule has 1 fully saturated rings. The van der Waals surface area contributed by atoms with Crippen LogP contribution in [0.3, 0.4) is 0 Å². The number of ether oxygens (including phenoxy) is 1. The molecule has 1 aromatic carbocycles. The first-order chi connectivity index (χ1) is 13.7. The number of sulfonamides is 1. The summed E-state index contributed by atoms with van der Waals surface area (Å²) in [6, 6.07) is 3.84. The monoisotopic (exact) mass is 445 g/mol. The molecule has 0 unspecified atom stereocenters. The van der Waals surface area contributed by atoms with E-state index in [1.807, 2.05) is 0 Å². The minimum atomic E-state index is -3.76. The maximum atomic E-state index is 13.2. The minimum Gasteiger partial charge on any atom is -0.484 e. The van der Waals surface area contributed by atoms with E-state index in [2.05, 4.69) is 5.16 Å². The van der Waals surface area contributed by atoms with Crippen LogP contribution in [-0.4, -0.2) is 61.5 Å². The average molecular weight is 446 g/mol. The van der Waals surface area contributed by atoms with Gasteiger partial charge in [-0.2, -0.15) is 4.31 Å². The molecule has 1 saturated heterocycles. The first-order valence-electron chi connectivity index (χ1n) is 8.99. The molecule has 158 valence electrons. The van der Waals surface area contributed by atoms with Crippen LogP contribution in [0.2, 0.25) is 5.02 Å². The summed E-state index contributed by atoms with van der Waals surface area (Å²) in [5.41, 5.74) is 0.311. The zero-order chi connectivity index (χ0) is 21.2. The second kappa shape index (κ2) is 8.68. The fourth-order valence-corrected chi connectivity index (χ4v) is 5.09. The van der Waals surface area contributed by atoms with Crippen LogP contribution < -0.4 is 4.74 Å². The predicted molar refractivity (Wildman–Crippen MR) is 103 cm³/mol. The highest BCUT2D eigenvalue weighted by molar-refractivity contribution is 7.89. The summed E-state index contributed by atoms with van der Waals surface area (Å²) < 4.78 is 50.8. The van der Waals surface area contributed by atoms with E-state index in [1.165, 1.54) is 16.4 Å². The molecule has 0 spiro atoms. The standard InChI is InChI=1S/C18H21ClFN3O5S/c1-12-18(13(2)28-21-12)29(25,26)23-7-3-6-22(8-9-23)17(24)11-27-14-4-5-16(20)15(19)10-14/h4-5,10H,3,6-9,11H2,1-2H3. The lowest BCUT2D eigenvalue weighted by molar-refractivity contribution is -0.133. The van der Waals surface area contributed by atoms with Crippen molar-refractivity contribution in [3.63, 3.8) is 0 Å². The zero-order valence-corrected chi connectivity index (χ0v) is 17.6. The van der Waals surface area contributed by atoms with Crippen LogP contribution in [0.1, 0.15) is 17.9 Å². The van der Waals surface area contributed by atoms with Gasteiger partial charge in [0.05, 0.1) is 5.02 Å². The normalized spacial score (nSPS) is 15.9. The maximum absolute atomic E-state index is 13.2. The molecule has 1 aromatic heterocycles. The molecule has 8 nitrogen and oxygen atoms in total. The van der Waals surface area contributed by atoms with Crippen molar-refractivity contribution in [3.8, 4) is 5.75 Å². The molecule has 0 saturated carbocycles. The Hall–Kier alpha value is -2.17. The number of nitrogens with zero attached hydrogens (tertiary/aromatic N) is 3. The first kappa shape index (κ1) is 21.5. The van der Waals surface area contributed by atoms with Crippen molar-refractivity contribution in [2.24, 2.45) is 0 Å². The van der Waals surface area contributed by atoms with Gasteiger partial charge in [0.25, 0.3) is 5.91 Å². The molecule has 0 aliphatic carbocycles. The number of hydrogen-bond donors (Lipinski definition) is 0. The Morgan fingerprint density at radius 3 is 2.69 bits per heavy atom.